The second-order valence-corrected chi connectivity index (χ2v) is 5.38. The number of carbonyl (C=O) groups excluding carboxylic acids is 1. The van der Waals surface area contributed by atoms with E-state index in [1.54, 1.807) is 7.05 Å². The third-order valence-corrected chi connectivity index (χ3v) is 2.12. The lowest BCUT2D eigenvalue weighted by Gasteiger charge is -2.24. The zero-order chi connectivity index (χ0) is 13.5. The zero-order valence-electron chi connectivity index (χ0n) is 12.0. The molecule has 0 bridgehead atoms. The van der Waals surface area contributed by atoms with Crippen LogP contribution in [0.15, 0.2) is 0 Å². The number of rotatable bonds is 7. The first-order valence-electron chi connectivity index (χ1n) is 6.02. The van der Waals surface area contributed by atoms with Crippen LogP contribution in [0.3, 0.4) is 0 Å². The number of ether oxygens (including phenoxy) is 1. The van der Waals surface area contributed by atoms with Gasteiger partial charge in [0.25, 0.3) is 0 Å². The van der Waals surface area contributed by atoms with Gasteiger partial charge in [-0.05, 0) is 41.9 Å². The van der Waals surface area contributed by atoms with Crippen LogP contribution < -0.4 is 10.6 Å². The Balaban J connectivity index is 3.94. The van der Waals surface area contributed by atoms with Gasteiger partial charge in [0.2, 0.25) is 0 Å². The second kappa shape index (κ2) is 7.63. The van der Waals surface area contributed by atoms with Gasteiger partial charge in [-0.25, -0.2) is 0 Å². The van der Waals surface area contributed by atoms with Crippen molar-refractivity contribution < 1.29 is 9.53 Å². The normalized spacial score (nSPS) is 13.8. The van der Waals surface area contributed by atoms with E-state index in [4.69, 9.17) is 4.74 Å². The van der Waals surface area contributed by atoms with Crippen LogP contribution in [0.5, 0.6) is 0 Å². The Kier molecular flexibility index (Phi) is 7.34. The smallest absolute Gasteiger partial charge is 0.324 e. The molecule has 0 aliphatic carbocycles. The fraction of sp³-hybridized carbons (Fsp3) is 0.917. The van der Waals surface area contributed by atoms with Gasteiger partial charge in [0, 0.05) is 19.6 Å². The number of hydrogen-bond acceptors (Lipinski definition) is 5. The quantitative estimate of drug-likeness (QED) is 0.491. The summed E-state index contributed by atoms with van der Waals surface area (Å²) >= 11 is 0. The number of carbonyl (C=O) groups is 1. The van der Waals surface area contributed by atoms with Crippen molar-refractivity contribution in [2.75, 3.05) is 40.8 Å². The number of nitrogens with zero attached hydrogens (tertiary/aromatic N) is 1. The molecule has 5 nitrogen and oxygen atoms in total. The summed E-state index contributed by atoms with van der Waals surface area (Å²) in [5, 5.41) is 6.19. The average molecular weight is 245 g/mol. The second-order valence-electron chi connectivity index (χ2n) is 5.38. The van der Waals surface area contributed by atoms with E-state index in [9.17, 15) is 4.79 Å². The molecule has 0 aromatic carbocycles. The average Bonchev–Trinajstić information content (AvgIpc) is 2.14. The van der Waals surface area contributed by atoms with Gasteiger partial charge in [-0.2, -0.15) is 0 Å². The molecule has 0 spiro atoms. The number of hydrogen-bond donors (Lipinski definition) is 2. The Hall–Kier alpha value is -0.650. The third kappa shape index (κ3) is 9.09. The predicted molar refractivity (Wildman–Crippen MR) is 70.1 cm³/mol. The summed E-state index contributed by atoms with van der Waals surface area (Å²) in [7, 11) is 5.80. The Morgan fingerprint density at radius 2 is 1.94 bits per heavy atom. The topological polar surface area (TPSA) is 53.6 Å². The molecule has 0 radical (unpaired) electrons. The van der Waals surface area contributed by atoms with Crippen molar-refractivity contribution >= 4 is 5.97 Å². The fourth-order valence-corrected chi connectivity index (χ4v) is 1.23. The molecule has 102 valence electrons. The zero-order valence-corrected chi connectivity index (χ0v) is 12.0. The molecule has 1 unspecified atom stereocenters. The lowest BCUT2D eigenvalue weighted by molar-refractivity contribution is -0.157. The molecule has 17 heavy (non-hydrogen) atoms. The highest BCUT2D eigenvalue weighted by atomic mass is 16.6. The summed E-state index contributed by atoms with van der Waals surface area (Å²) < 4.78 is 5.32. The van der Waals surface area contributed by atoms with Crippen LogP contribution in [-0.4, -0.2) is 63.3 Å². The number of nitrogens with one attached hydrogen (secondary N) is 2. The van der Waals surface area contributed by atoms with Gasteiger partial charge in [0.15, 0.2) is 0 Å². The van der Waals surface area contributed by atoms with Gasteiger partial charge in [-0.1, -0.05) is 0 Å². The van der Waals surface area contributed by atoms with E-state index in [1.165, 1.54) is 0 Å². The molecule has 0 heterocycles. The van der Waals surface area contributed by atoms with Crippen LogP contribution in [0, 0.1) is 0 Å². The molecule has 0 aromatic heterocycles. The van der Waals surface area contributed by atoms with Gasteiger partial charge in [0.05, 0.1) is 0 Å². The molecule has 0 saturated heterocycles. The van der Waals surface area contributed by atoms with Crippen LogP contribution in [0.4, 0.5) is 0 Å². The van der Waals surface area contributed by atoms with Gasteiger partial charge >= 0.3 is 5.97 Å². The van der Waals surface area contributed by atoms with Crippen LogP contribution in [0.2, 0.25) is 0 Å². The summed E-state index contributed by atoms with van der Waals surface area (Å²) in [5.41, 5.74) is -0.435. The van der Waals surface area contributed by atoms with Crippen LogP contribution in [0.25, 0.3) is 0 Å². The first kappa shape index (κ1) is 16.4. The van der Waals surface area contributed by atoms with Crippen LogP contribution >= 0.6 is 0 Å². The SMILES string of the molecule is CNC(CNCCN(C)C)C(=O)OC(C)(C)C. The lowest BCUT2D eigenvalue weighted by Crippen LogP contribution is -2.46. The summed E-state index contributed by atoms with van der Waals surface area (Å²) in [6, 6.07) is -0.295. The van der Waals surface area contributed by atoms with E-state index >= 15 is 0 Å². The van der Waals surface area contributed by atoms with Crippen LogP contribution in [-0.2, 0) is 9.53 Å². The Morgan fingerprint density at radius 1 is 1.35 bits per heavy atom. The first-order chi connectivity index (χ1) is 7.76. The highest BCUT2D eigenvalue weighted by Crippen LogP contribution is 2.08. The maximum Gasteiger partial charge on any atom is 0.324 e. The summed E-state index contributed by atoms with van der Waals surface area (Å²) in [6.07, 6.45) is 0. The predicted octanol–water partition coefficient (Wildman–Crippen LogP) is 0.0673. The first-order valence-corrected chi connectivity index (χ1v) is 6.02. The molecule has 0 saturated carbocycles. The maximum absolute atomic E-state index is 11.8. The highest BCUT2D eigenvalue weighted by molar-refractivity contribution is 5.76. The summed E-state index contributed by atoms with van der Waals surface area (Å²) in [5.74, 6) is -0.211. The number of esters is 1. The maximum atomic E-state index is 11.8. The monoisotopic (exact) mass is 245 g/mol. The molecule has 0 aliphatic rings. The van der Waals surface area contributed by atoms with E-state index in [1.807, 2.05) is 34.9 Å². The van der Waals surface area contributed by atoms with Gasteiger partial charge in [-0.3, -0.25) is 4.79 Å². The molecule has 5 heteroatoms. The standard InChI is InChI=1S/C12H27N3O2/c1-12(2,3)17-11(16)10(13-4)9-14-7-8-15(5)6/h10,13-14H,7-9H2,1-6H3. The number of likely N-dealkylation sites (N-methyl/N-ethyl adjacent to an activating group) is 2. The largest absolute Gasteiger partial charge is 0.459 e. The van der Waals surface area contributed by atoms with Crippen molar-refractivity contribution in [1.29, 1.82) is 0 Å². The molecule has 0 amide bonds. The van der Waals surface area contributed by atoms with E-state index in [2.05, 4.69) is 15.5 Å². The van der Waals surface area contributed by atoms with E-state index < -0.39 is 5.60 Å². The fourth-order valence-electron chi connectivity index (χ4n) is 1.23. The van der Waals surface area contributed by atoms with Gasteiger partial charge in [-0.15, -0.1) is 0 Å². The molecular weight excluding hydrogens is 218 g/mol. The van der Waals surface area contributed by atoms with Crippen molar-refractivity contribution in [3.63, 3.8) is 0 Å². The Bertz CT molecular complexity index is 224. The minimum absolute atomic E-state index is 0.211. The molecule has 0 fully saturated rings. The van der Waals surface area contributed by atoms with Gasteiger partial charge in [0.1, 0.15) is 11.6 Å². The third-order valence-electron chi connectivity index (χ3n) is 2.12. The van der Waals surface area contributed by atoms with E-state index in [0.29, 0.717) is 6.54 Å². The van der Waals surface area contributed by atoms with Crippen molar-refractivity contribution in [3.8, 4) is 0 Å². The summed E-state index contributed by atoms with van der Waals surface area (Å²) in [6.45, 7) is 8.00. The van der Waals surface area contributed by atoms with Crippen molar-refractivity contribution in [3.05, 3.63) is 0 Å². The van der Waals surface area contributed by atoms with Crippen LogP contribution in [0.1, 0.15) is 20.8 Å². The minimum Gasteiger partial charge on any atom is -0.459 e. The molecule has 1 atom stereocenters. The van der Waals surface area contributed by atoms with Gasteiger partial charge < -0.3 is 20.3 Å². The molecular formula is C12H27N3O2. The van der Waals surface area contributed by atoms with E-state index in [0.717, 1.165) is 13.1 Å². The Labute approximate surface area is 105 Å². The molecule has 0 aromatic rings. The highest BCUT2D eigenvalue weighted by Gasteiger charge is 2.23. The van der Waals surface area contributed by atoms with Crippen molar-refractivity contribution in [2.45, 2.75) is 32.4 Å². The van der Waals surface area contributed by atoms with E-state index in [-0.39, 0.29) is 12.0 Å². The molecule has 0 aliphatic heterocycles. The molecule has 2 N–H and O–H groups in total. The lowest BCUT2D eigenvalue weighted by atomic mass is 10.2. The summed E-state index contributed by atoms with van der Waals surface area (Å²) in [4.78, 5) is 13.9. The van der Waals surface area contributed by atoms with Crippen molar-refractivity contribution in [2.24, 2.45) is 0 Å². The Morgan fingerprint density at radius 3 is 2.35 bits per heavy atom. The molecule has 0 rings (SSSR count). The minimum atomic E-state index is -0.435. The van der Waals surface area contributed by atoms with Crippen molar-refractivity contribution in [1.82, 2.24) is 15.5 Å².